The number of rotatable bonds is 5. The zero-order valence-corrected chi connectivity index (χ0v) is 17.0. The van der Waals surface area contributed by atoms with Crippen molar-refractivity contribution in [3.8, 4) is 0 Å². The van der Waals surface area contributed by atoms with E-state index in [4.69, 9.17) is 0 Å². The predicted molar refractivity (Wildman–Crippen MR) is 108 cm³/mol. The molecule has 0 bridgehead atoms. The van der Waals surface area contributed by atoms with Gasteiger partial charge < -0.3 is 9.80 Å². The fourth-order valence-electron chi connectivity index (χ4n) is 4.86. The predicted octanol–water partition coefficient (Wildman–Crippen LogP) is 3.90. The van der Waals surface area contributed by atoms with Crippen LogP contribution in [0.2, 0.25) is 0 Å². The number of likely N-dealkylation sites (tertiary alicyclic amines) is 2. The maximum absolute atomic E-state index is 13.5. The average Bonchev–Trinajstić information content (AvgIpc) is 2.86. The first kappa shape index (κ1) is 19.9. The molecule has 0 aromatic heterocycles. The summed E-state index contributed by atoms with van der Waals surface area (Å²) in [6, 6.07) is 10.4. The van der Waals surface area contributed by atoms with Crippen molar-refractivity contribution >= 4 is 11.8 Å². The number of nitrogens with zero attached hydrogens (tertiary/aromatic N) is 2. The summed E-state index contributed by atoms with van der Waals surface area (Å²) < 4.78 is 0. The van der Waals surface area contributed by atoms with Gasteiger partial charge in [0.15, 0.2) is 0 Å². The van der Waals surface area contributed by atoms with Crippen LogP contribution in [-0.4, -0.2) is 47.8 Å². The molecule has 2 fully saturated rings. The van der Waals surface area contributed by atoms with Gasteiger partial charge in [-0.1, -0.05) is 50.6 Å². The van der Waals surface area contributed by atoms with Crippen molar-refractivity contribution in [3.05, 3.63) is 35.9 Å². The lowest BCUT2D eigenvalue weighted by atomic mass is 9.69. The first-order chi connectivity index (χ1) is 13.0. The van der Waals surface area contributed by atoms with Gasteiger partial charge in [-0.15, -0.1) is 0 Å². The lowest BCUT2D eigenvalue weighted by Crippen LogP contribution is -2.49. The van der Waals surface area contributed by atoms with E-state index in [-0.39, 0.29) is 11.3 Å². The van der Waals surface area contributed by atoms with E-state index in [1.807, 2.05) is 17.9 Å². The number of amides is 2. The Hall–Kier alpha value is -1.84. The zero-order valence-electron chi connectivity index (χ0n) is 17.0. The molecule has 1 aromatic carbocycles. The van der Waals surface area contributed by atoms with Gasteiger partial charge in [-0.05, 0) is 43.6 Å². The van der Waals surface area contributed by atoms with Gasteiger partial charge >= 0.3 is 0 Å². The van der Waals surface area contributed by atoms with Crippen LogP contribution >= 0.6 is 0 Å². The molecule has 0 radical (unpaired) electrons. The van der Waals surface area contributed by atoms with Crippen LogP contribution in [0.5, 0.6) is 0 Å². The Morgan fingerprint density at radius 1 is 1.11 bits per heavy atom. The zero-order chi connectivity index (χ0) is 19.3. The van der Waals surface area contributed by atoms with Crippen LogP contribution in [0.3, 0.4) is 0 Å². The van der Waals surface area contributed by atoms with E-state index in [9.17, 15) is 9.59 Å². The summed E-state index contributed by atoms with van der Waals surface area (Å²) in [6.07, 6.45) is 6.63. The molecule has 2 amide bonds. The van der Waals surface area contributed by atoms with Crippen molar-refractivity contribution < 1.29 is 9.59 Å². The summed E-state index contributed by atoms with van der Waals surface area (Å²) >= 11 is 0. The monoisotopic (exact) mass is 370 g/mol. The van der Waals surface area contributed by atoms with Gasteiger partial charge in [-0.2, -0.15) is 0 Å². The van der Waals surface area contributed by atoms with Crippen molar-refractivity contribution in [2.24, 2.45) is 11.3 Å². The Morgan fingerprint density at radius 2 is 1.81 bits per heavy atom. The van der Waals surface area contributed by atoms with Crippen molar-refractivity contribution in [1.82, 2.24) is 9.80 Å². The summed E-state index contributed by atoms with van der Waals surface area (Å²) in [6.45, 7) is 7.43. The minimum absolute atomic E-state index is 0.246. The molecule has 4 heteroatoms. The molecule has 1 atom stereocenters. The highest BCUT2D eigenvalue weighted by molar-refractivity contribution is 5.83. The molecule has 0 spiro atoms. The highest BCUT2D eigenvalue weighted by Gasteiger charge is 2.45. The third kappa shape index (κ3) is 4.53. The summed E-state index contributed by atoms with van der Waals surface area (Å²) in [4.78, 5) is 29.6. The molecule has 2 aliphatic heterocycles. The van der Waals surface area contributed by atoms with Gasteiger partial charge in [0, 0.05) is 38.0 Å². The molecule has 0 aliphatic carbocycles. The van der Waals surface area contributed by atoms with Gasteiger partial charge in [0.2, 0.25) is 11.8 Å². The first-order valence-electron chi connectivity index (χ1n) is 10.7. The van der Waals surface area contributed by atoms with Crippen molar-refractivity contribution in [2.75, 3.05) is 26.2 Å². The second-order valence-corrected chi connectivity index (χ2v) is 8.41. The number of carbonyl (C=O) groups is 2. The van der Waals surface area contributed by atoms with Crippen LogP contribution in [-0.2, 0) is 16.0 Å². The van der Waals surface area contributed by atoms with Crippen LogP contribution in [0.1, 0.15) is 57.9 Å². The number of benzene rings is 1. The Kier molecular flexibility index (Phi) is 6.56. The Morgan fingerprint density at radius 3 is 2.48 bits per heavy atom. The third-order valence-corrected chi connectivity index (χ3v) is 6.71. The standard InChI is InChI=1S/C23H34N2O2/c1-3-21(26)24-17-12-20(13-18-24)23(2)14-7-8-15-25(22(23)27)16-11-19-9-5-4-6-10-19/h4-6,9-10,20H,3,7-8,11-18H2,1-2H3/t23-/m1/s1. The average molecular weight is 371 g/mol. The van der Waals surface area contributed by atoms with Crippen LogP contribution in [0.25, 0.3) is 0 Å². The molecule has 2 aliphatic rings. The van der Waals surface area contributed by atoms with Crippen molar-refractivity contribution in [1.29, 1.82) is 0 Å². The van der Waals surface area contributed by atoms with E-state index in [2.05, 4.69) is 36.1 Å². The molecule has 2 heterocycles. The minimum Gasteiger partial charge on any atom is -0.343 e. The first-order valence-corrected chi connectivity index (χ1v) is 10.7. The lowest BCUT2D eigenvalue weighted by molar-refractivity contribution is -0.145. The van der Waals surface area contributed by atoms with E-state index in [0.29, 0.717) is 18.2 Å². The molecule has 2 saturated heterocycles. The van der Waals surface area contributed by atoms with Gasteiger partial charge in [-0.3, -0.25) is 9.59 Å². The maximum atomic E-state index is 13.5. The topological polar surface area (TPSA) is 40.6 Å². The van der Waals surface area contributed by atoms with Crippen LogP contribution in [0.4, 0.5) is 0 Å². The normalized spacial score (nSPS) is 24.7. The minimum atomic E-state index is -0.269. The van der Waals surface area contributed by atoms with Gasteiger partial charge in [0.05, 0.1) is 0 Å². The quantitative estimate of drug-likeness (QED) is 0.789. The SMILES string of the molecule is CCC(=O)N1CCC([C@@]2(C)CCCCN(CCc3ccccc3)C2=O)CC1. The van der Waals surface area contributed by atoms with Gasteiger partial charge in [0.25, 0.3) is 0 Å². The summed E-state index contributed by atoms with van der Waals surface area (Å²) in [5, 5.41) is 0. The second-order valence-electron chi connectivity index (χ2n) is 8.41. The largest absolute Gasteiger partial charge is 0.343 e. The highest BCUT2D eigenvalue weighted by atomic mass is 16.2. The molecule has 1 aromatic rings. The van der Waals surface area contributed by atoms with E-state index in [1.165, 1.54) is 5.56 Å². The smallest absolute Gasteiger partial charge is 0.228 e. The summed E-state index contributed by atoms with van der Waals surface area (Å²) in [5.74, 6) is 0.981. The fraction of sp³-hybridized carbons (Fsp3) is 0.652. The molecular formula is C23H34N2O2. The lowest BCUT2D eigenvalue weighted by Gasteiger charge is -2.43. The number of hydrogen-bond donors (Lipinski definition) is 0. The maximum Gasteiger partial charge on any atom is 0.228 e. The Bertz CT molecular complexity index is 637. The van der Waals surface area contributed by atoms with E-state index in [1.54, 1.807) is 0 Å². The molecule has 0 N–H and O–H groups in total. The molecular weight excluding hydrogens is 336 g/mol. The van der Waals surface area contributed by atoms with Crippen molar-refractivity contribution in [3.63, 3.8) is 0 Å². The van der Waals surface area contributed by atoms with Crippen molar-refractivity contribution in [2.45, 2.75) is 58.8 Å². The summed E-state index contributed by atoms with van der Waals surface area (Å²) in [5.41, 5.74) is 1.02. The van der Waals surface area contributed by atoms with E-state index < -0.39 is 0 Å². The van der Waals surface area contributed by atoms with E-state index >= 15 is 0 Å². The summed E-state index contributed by atoms with van der Waals surface area (Å²) in [7, 11) is 0. The molecule has 148 valence electrons. The van der Waals surface area contributed by atoms with E-state index in [0.717, 1.165) is 64.7 Å². The number of piperidine rings is 1. The van der Waals surface area contributed by atoms with Crippen LogP contribution < -0.4 is 0 Å². The van der Waals surface area contributed by atoms with Gasteiger partial charge in [-0.25, -0.2) is 0 Å². The molecule has 0 unspecified atom stereocenters. The molecule has 4 nitrogen and oxygen atoms in total. The molecule has 0 saturated carbocycles. The third-order valence-electron chi connectivity index (χ3n) is 6.71. The van der Waals surface area contributed by atoms with Crippen LogP contribution in [0, 0.1) is 11.3 Å². The fourth-order valence-corrected chi connectivity index (χ4v) is 4.86. The van der Waals surface area contributed by atoms with Crippen LogP contribution in [0.15, 0.2) is 30.3 Å². The molecule has 27 heavy (non-hydrogen) atoms. The highest BCUT2D eigenvalue weighted by Crippen LogP contribution is 2.42. The second kappa shape index (κ2) is 8.90. The Balaban J connectivity index is 1.65. The molecule has 3 rings (SSSR count). The number of hydrogen-bond acceptors (Lipinski definition) is 2. The Labute approximate surface area is 163 Å². The van der Waals surface area contributed by atoms with Gasteiger partial charge in [0.1, 0.15) is 0 Å². The number of carbonyl (C=O) groups excluding carboxylic acids is 2.